The summed E-state index contributed by atoms with van der Waals surface area (Å²) in [5, 5.41) is 2.91. The number of halogens is 1. The van der Waals surface area contributed by atoms with Gasteiger partial charge in [0.25, 0.3) is 0 Å². The van der Waals surface area contributed by atoms with Gasteiger partial charge in [0.2, 0.25) is 11.8 Å². The number of hydrogen-bond donors (Lipinski definition) is 1. The Labute approximate surface area is 149 Å². The van der Waals surface area contributed by atoms with E-state index in [-0.39, 0.29) is 37.1 Å². The quantitative estimate of drug-likeness (QED) is 0.732. The van der Waals surface area contributed by atoms with Crippen LogP contribution in [0.15, 0.2) is 35.9 Å². The molecule has 0 aromatic heterocycles. The normalized spacial score (nSPS) is 13.9. The topological polar surface area (TPSA) is 49.4 Å². The van der Waals surface area contributed by atoms with Gasteiger partial charge in [-0.1, -0.05) is 29.8 Å². The predicted octanol–water partition coefficient (Wildman–Crippen LogP) is 3.57. The molecule has 25 heavy (non-hydrogen) atoms. The number of nitrogens with zero attached hydrogens (tertiary/aromatic N) is 1. The van der Waals surface area contributed by atoms with Crippen LogP contribution in [0.5, 0.6) is 0 Å². The van der Waals surface area contributed by atoms with Gasteiger partial charge in [-0.15, -0.1) is 0 Å². The van der Waals surface area contributed by atoms with E-state index >= 15 is 0 Å². The molecular formula is C20H27FN2O2. The summed E-state index contributed by atoms with van der Waals surface area (Å²) in [6, 6.07) is 6.39. The SMILES string of the molecule is CC(=O)N(CCC(=O)NCCC1=CCCCC1)Cc1ccccc1F. The van der Waals surface area contributed by atoms with Crippen molar-refractivity contribution in [3.05, 3.63) is 47.3 Å². The molecule has 0 saturated heterocycles. The molecule has 0 atom stereocenters. The Bertz CT molecular complexity index is 628. The lowest BCUT2D eigenvalue weighted by atomic mass is 9.97. The number of benzene rings is 1. The first-order valence-electron chi connectivity index (χ1n) is 9.00. The number of carbonyl (C=O) groups excluding carboxylic acids is 2. The van der Waals surface area contributed by atoms with Crippen LogP contribution in [0.25, 0.3) is 0 Å². The van der Waals surface area contributed by atoms with E-state index in [0.29, 0.717) is 12.1 Å². The molecule has 0 fully saturated rings. The van der Waals surface area contributed by atoms with Crippen LogP contribution in [0.2, 0.25) is 0 Å². The average Bonchev–Trinajstić information content (AvgIpc) is 2.60. The first kappa shape index (κ1) is 19.2. The summed E-state index contributed by atoms with van der Waals surface area (Å²) in [5.74, 6) is -0.571. The fourth-order valence-electron chi connectivity index (χ4n) is 3.00. The van der Waals surface area contributed by atoms with Crippen molar-refractivity contribution in [3.8, 4) is 0 Å². The van der Waals surface area contributed by atoms with E-state index in [9.17, 15) is 14.0 Å². The molecule has 0 bridgehead atoms. The smallest absolute Gasteiger partial charge is 0.221 e. The highest BCUT2D eigenvalue weighted by atomic mass is 19.1. The minimum Gasteiger partial charge on any atom is -0.356 e. The monoisotopic (exact) mass is 346 g/mol. The number of nitrogens with one attached hydrogen (secondary N) is 1. The zero-order valence-corrected chi connectivity index (χ0v) is 14.9. The van der Waals surface area contributed by atoms with Crippen LogP contribution in [0, 0.1) is 5.82 Å². The molecule has 0 heterocycles. The maximum Gasteiger partial charge on any atom is 0.221 e. The Balaban J connectivity index is 1.74. The second-order valence-corrected chi connectivity index (χ2v) is 6.49. The van der Waals surface area contributed by atoms with Crippen molar-refractivity contribution < 1.29 is 14.0 Å². The zero-order chi connectivity index (χ0) is 18.1. The van der Waals surface area contributed by atoms with Crippen molar-refractivity contribution in [2.24, 2.45) is 0 Å². The Morgan fingerprint density at radius 3 is 2.72 bits per heavy atom. The molecule has 0 spiro atoms. The lowest BCUT2D eigenvalue weighted by molar-refractivity contribution is -0.130. The lowest BCUT2D eigenvalue weighted by Crippen LogP contribution is -2.34. The van der Waals surface area contributed by atoms with E-state index < -0.39 is 0 Å². The Morgan fingerprint density at radius 2 is 2.04 bits per heavy atom. The van der Waals surface area contributed by atoms with Crippen LogP contribution in [0.1, 0.15) is 51.0 Å². The van der Waals surface area contributed by atoms with Gasteiger partial charge in [0.05, 0.1) is 0 Å². The predicted molar refractivity (Wildman–Crippen MR) is 96.3 cm³/mol. The molecule has 4 nitrogen and oxygen atoms in total. The summed E-state index contributed by atoms with van der Waals surface area (Å²) in [6.45, 7) is 2.55. The summed E-state index contributed by atoms with van der Waals surface area (Å²) < 4.78 is 13.7. The fraction of sp³-hybridized carbons (Fsp3) is 0.500. The second-order valence-electron chi connectivity index (χ2n) is 6.49. The van der Waals surface area contributed by atoms with Crippen molar-refractivity contribution in [1.29, 1.82) is 0 Å². The number of allylic oxidation sites excluding steroid dienone is 1. The van der Waals surface area contributed by atoms with Crippen LogP contribution in [-0.2, 0) is 16.1 Å². The van der Waals surface area contributed by atoms with Crippen LogP contribution >= 0.6 is 0 Å². The number of amides is 2. The summed E-state index contributed by atoms with van der Waals surface area (Å²) in [5.41, 5.74) is 1.89. The molecule has 1 aromatic rings. The van der Waals surface area contributed by atoms with Crippen LogP contribution in [0.3, 0.4) is 0 Å². The molecule has 2 rings (SSSR count). The third-order valence-electron chi connectivity index (χ3n) is 4.53. The largest absolute Gasteiger partial charge is 0.356 e. The number of rotatable bonds is 8. The molecule has 0 radical (unpaired) electrons. The van der Waals surface area contributed by atoms with Gasteiger partial charge in [-0.25, -0.2) is 4.39 Å². The second kappa shape index (κ2) is 9.97. The third kappa shape index (κ3) is 6.69. The van der Waals surface area contributed by atoms with Crippen LogP contribution in [0.4, 0.5) is 4.39 Å². The molecule has 0 unspecified atom stereocenters. The van der Waals surface area contributed by atoms with E-state index in [0.717, 1.165) is 19.3 Å². The van der Waals surface area contributed by atoms with Crippen molar-refractivity contribution in [3.63, 3.8) is 0 Å². The molecule has 0 aliphatic heterocycles. The summed E-state index contributed by atoms with van der Waals surface area (Å²) in [4.78, 5) is 25.2. The number of carbonyl (C=O) groups is 2. The molecule has 1 N–H and O–H groups in total. The van der Waals surface area contributed by atoms with Crippen LogP contribution < -0.4 is 5.32 Å². The minimum atomic E-state index is -0.334. The number of hydrogen-bond acceptors (Lipinski definition) is 2. The zero-order valence-electron chi connectivity index (χ0n) is 14.9. The van der Waals surface area contributed by atoms with Crippen molar-refractivity contribution >= 4 is 11.8 Å². The molecule has 136 valence electrons. The van der Waals surface area contributed by atoms with E-state index in [1.54, 1.807) is 18.2 Å². The average molecular weight is 346 g/mol. The van der Waals surface area contributed by atoms with E-state index in [1.165, 1.54) is 36.3 Å². The summed E-state index contributed by atoms with van der Waals surface area (Å²) >= 11 is 0. The standard InChI is InChI=1S/C20H27FN2O2/c1-16(24)23(15-18-9-5-6-10-19(18)21)14-12-20(25)22-13-11-17-7-3-2-4-8-17/h5-7,9-10H,2-4,8,11-15H2,1H3,(H,22,25). The Kier molecular flexibility index (Phi) is 7.64. The van der Waals surface area contributed by atoms with Gasteiger partial charge in [-0.05, 0) is 38.2 Å². The first-order valence-corrected chi connectivity index (χ1v) is 9.00. The molecular weight excluding hydrogens is 319 g/mol. The van der Waals surface area contributed by atoms with Gasteiger partial charge in [0, 0.05) is 38.5 Å². The molecule has 1 aromatic carbocycles. The molecule has 1 aliphatic carbocycles. The van der Waals surface area contributed by atoms with Gasteiger partial charge in [0.15, 0.2) is 0 Å². The van der Waals surface area contributed by atoms with Crippen molar-refractivity contribution in [1.82, 2.24) is 10.2 Å². The molecule has 1 aliphatic rings. The molecule has 5 heteroatoms. The highest BCUT2D eigenvalue weighted by Gasteiger charge is 2.14. The van der Waals surface area contributed by atoms with Crippen LogP contribution in [-0.4, -0.2) is 29.8 Å². The van der Waals surface area contributed by atoms with E-state index in [2.05, 4.69) is 11.4 Å². The third-order valence-corrected chi connectivity index (χ3v) is 4.53. The van der Waals surface area contributed by atoms with Crippen molar-refractivity contribution in [2.45, 2.75) is 52.0 Å². The Morgan fingerprint density at radius 1 is 1.24 bits per heavy atom. The van der Waals surface area contributed by atoms with Gasteiger partial charge in [-0.2, -0.15) is 0 Å². The van der Waals surface area contributed by atoms with E-state index in [4.69, 9.17) is 0 Å². The minimum absolute atomic E-state index is 0.0730. The van der Waals surface area contributed by atoms with Crippen molar-refractivity contribution in [2.75, 3.05) is 13.1 Å². The lowest BCUT2D eigenvalue weighted by Gasteiger charge is -2.21. The van der Waals surface area contributed by atoms with Gasteiger partial charge >= 0.3 is 0 Å². The molecule has 0 saturated carbocycles. The maximum absolute atomic E-state index is 13.7. The summed E-state index contributed by atoms with van der Waals surface area (Å²) in [6.07, 6.45) is 8.19. The van der Waals surface area contributed by atoms with Gasteiger partial charge in [-0.3, -0.25) is 9.59 Å². The van der Waals surface area contributed by atoms with E-state index in [1.807, 2.05) is 0 Å². The first-order chi connectivity index (χ1) is 12.1. The Hall–Kier alpha value is -2.17. The van der Waals surface area contributed by atoms with Gasteiger partial charge < -0.3 is 10.2 Å². The molecule has 2 amide bonds. The maximum atomic E-state index is 13.7. The highest BCUT2D eigenvalue weighted by Crippen LogP contribution is 2.19. The fourth-order valence-corrected chi connectivity index (χ4v) is 3.00. The summed E-state index contributed by atoms with van der Waals surface area (Å²) in [7, 11) is 0. The van der Waals surface area contributed by atoms with Gasteiger partial charge in [0.1, 0.15) is 5.82 Å². The highest BCUT2D eigenvalue weighted by molar-refractivity contribution is 5.78.